The molecule has 0 aliphatic carbocycles. The lowest BCUT2D eigenvalue weighted by molar-refractivity contribution is 0.0159. The topological polar surface area (TPSA) is 27.7 Å². The van der Waals surface area contributed by atoms with E-state index in [0.29, 0.717) is 12.1 Å². The zero-order valence-corrected chi connectivity index (χ0v) is 14.3. The third-order valence-corrected chi connectivity index (χ3v) is 4.84. The number of hydrogen-bond donors (Lipinski definition) is 1. The normalized spacial score (nSPS) is 28.0. The molecule has 2 heterocycles. The van der Waals surface area contributed by atoms with Gasteiger partial charge in [0.15, 0.2) is 0 Å². The molecule has 0 amide bonds. The van der Waals surface area contributed by atoms with Crippen LogP contribution in [-0.4, -0.2) is 73.9 Å². The third kappa shape index (κ3) is 5.85. The fraction of sp³-hybridized carbons (Fsp3) is 1.00. The van der Waals surface area contributed by atoms with Gasteiger partial charge >= 0.3 is 0 Å². The van der Waals surface area contributed by atoms with Crippen LogP contribution in [0.5, 0.6) is 0 Å². The molecule has 0 radical (unpaired) electrons. The number of fused-ring (bicyclic) bond motifs is 1. The van der Waals surface area contributed by atoms with E-state index in [4.69, 9.17) is 4.74 Å². The molecular formula is C17H35N3O. The molecule has 2 aliphatic heterocycles. The lowest BCUT2D eigenvalue weighted by Crippen LogP contribution is -2.59. The summed E-state index contributed by atoms with van der Waals surface area (Å²) < 4.78 is 5.56. The van der Waals surface area contributed by atoms with Crippen molar-refractivity contribution in [2.24, 2.45) is 0 Å². The highest BCUT2D eigenvalue weighted by atomic mass is 16.5. The first-order valence-corrected chi connectivity index (χ1v) is 8.97. The Bertz CT molecular complexity index is 285. The maximum Gasteiger partial charge on any atom is 0.0518 e. The van der Waals surface area contributed by atoms with Gasteiger partial charge in [0, 0.05) is 44.9 Å². The van der Waals surface area contributed by atoms with Gasteiger partial charge in [0.2, 0.25) is 0 Å². The van der Waals surface area contributed by atoms with E-state index in [1.807, 2.05) is 0 Å². The average molecular weight is 297 g/mol. The predicted molar refractivity (Wildman–Crippen MR) is 88.8 cm³/mol. The molecule has 2 atom stereocenters. The Kier molecular flexibility index (Phi) is 7.44. The SMILES string of the molecule is CC(C)OCCCNCCN1CC2CCCCN2CC1C. The van der Waals surface area contributed by atoms with Crippen molar-refractivity contribution in [3.8, 4) is 0 Å². The second-order valence-electron chi connectivity index (χ2n) is 7.01. The van der Waals surface area contributed by atoms with E-state index in [1.54, 1.807) is 0 Å². The molecule has 0 aromatic heterocycles. The molecule has 4 heteroatoms. The van der Waals surface area contributed by atoms with E-state index < -0.39 is 0 Å². The second-order valence-corrected chi connectivity index (χ2v) is 7.01. The van der Waals surface area contributed by atoms with Crippen molar-refractivity contribution < 1.29 is 4.74 Å². The summed E-state index contributed by atoms with van der Waals surface area (Å²) in [6.45, 7) is 14.7. The number of ether oxygens (including phenoxy) is 1. The number of hydrogen-bond acceptors (Lipinski definition) is 4. The summed E-state index contributed by atoms with van der Waals surface area (Å²) in [6.07, 6.45) is 5.71. The summed E-state index contributed by atoms with van der Waals surface area (Å²) in [6, 6.07) is 1.54. The van der Waals surface area contributed by atoms with E-state index in [0.717, 1.165) is 32.2 Å². The van der Waals surface area contributed by atoms with Crippen LogP contribution in [0, 0.1) is 0 Å². The first-order valence-electron chi connectivity index (χ1n) is 8.97. The molecule has 124 valence electrons. The molecule has 0 saturated carbocycles. The van der Waals surface area contributed by atoms with E-state index in [1.165, 1.54) is 45.4 Å². The molecule has 0 aromatic carbocycles. The molecule has 2 rings (SSSR count). The molecule has 1 N–H and O–H groups in total. The number of nitrogens with one attached hydrogen (secondary N) is 1. The van der Waals surface area contributed by atoms with Crippen molar-refractivity contribution in [3.63, 3.8) is 0 Å². The van der Waals surface area contributed by atoms with Gasteiger partial charge in [-0.1, -0.05) is 6.42 Å². The number of nitrogens with zero attached hydrogens (tertiary/aromatic N) is 2. The standard InChI is InChI=1S/C17H35N3O/c1-15(2)21-12-6-8-18-9-11-19-14-17-7-4-5-10-20(17)13-16(19)3/h15-18H,4-14H2,1-3H3. The van der Waals surface area contributed by atoms with Crippen molar-refractivity contribution in [2.75, 3.05) is 45.9 Å². The molecule has 21 heavy (non-hydrogen) atoms. The molecule has 2 unspecified atom stereocenters. The second kappa shape index (κ2) is 9.09. The highest BCUT2D eigenvalue weighted by molar-refractivity contribution is 4.89. The molecular weight excluding hydrogens is 262 g/mol. The molecule has 0 spiro atoms. The van der Waals surface area contributed by atoms with Crippen LogP contribution in [0.1, 0.15) is 46.5 Å². The van der Waals surface area contributed by atoms with Crippen LogP contribution in [0.4, 0.5) is 0 Å². The van der Waals surface area contributed by atoms with Gasteiger partial charge in [-0.25, -0.2) is 0 Å². The minimum Gasteiger partial charge on any atom is -0.379 e. The Hall–Kier alpha value is -0.160. The summed E-state index contributed by atoms with van der Waals surface area (Å²) in [7, 11) is 0. The van der Waals surface area contributed by atoms with Gasteiger partial charge in [-0.3, -0.25) is 9.80 Å². The minimum absolute atomic E-state index is 0.359. The van der Waals surface area contributed by atoms with Gasteiger partial charge < -0.3 is 10.1 Å². The zero-order chi connectivity index (χ0) is 15.1. The quantitative estimate of drug-likeness (QED) is 0.693. The molecule has 2 saturated heterocycles. The summed E-state index contributed by atoms with van der Waals surface area (Å²) in [5.74, 6) is 0. The Morgan fingerprint density at radius 2 is 2.05 bits per heavy atom. The van der Waals surface area contributed by atoms with Gasteiger partial charge in [-0.15, -0.1) is 0 Å². The Balaban J connectivity index is 1.55. The van der Waals surface area contributed by atoms with E-state index in [-0.39, 0.29) is 0 Å². The fourth-order valence-corrected chi connectivity index (χ4v) is 3.59. The lowest BCUT2D eigenvalue weighted by atomic mass is 9.97. The average Bonchev–Trinajstić information content (AvgIpc) is 2.46. The summed E-state index contributed by atoms with van der Waals surface area (Å²) >= 11 is 0. The highest BCUT2D eigenvalue weighted by Gasteiger charge is 2.32. The van der Waals surface area contributed by atoms with Gasteiger partial charge in [-0.05, 0) is 53.1 Å². The minimum atomic E-state index is 0.359. The Morgan fingerprint density at radius 3 is 2.86 bits per heavy atom. The van der Waals surface area contributed by atoms with Crippen LogP contribution in [0.15, 0.2) is 0 Å². The van der Waals surface area contributed by atoms with E-state index >= 15 is 0 Å². The van der Waals surface area contributed by atoms with Gasteiger partial charge in [0.05, 0.1) is 6.10 Å². The monoisotopic (exact) mass is 297 g/mol. The number of piperidine rings is 1. The number of piperazine rings is 1. The maximum atomic E-state index is 5.56. The first-order chi connectivity index (χ1) is 10.2. The Morgan fingerprint density at radius 1 is 1.19 bits per heavy atom. The van der Waals surface area contributed by atoms with Crippen LogP contribution < -0.4 is 5.32 Å². The summed E-state index contributed by atoms with van der Waals surface area (Å²) in [4.78, 5) is 5.41. The fourth-order valence-electron chi connectivity index (χ4n) is 3.59. The van der Waals surface area contributed by atoms with Crippen molar-refractivity contribution in [1.82, 2.24) is 15.1 Å². The van der Waals surface area contributed by atoms with Crippen molar-refractivity contribution in [2.45, 2.75) is 64.6 Å². The highest BCUT2D eigenvalue weighted by Crippen LogP contribution is 2.23. The van der Waals surface area contributed by atoms with Crippen LogP contribution in [0.25, 0.3) is 0 Å². The maximum absolute atomic E-state index is 5.56. The molecule has 2 aliphatic rings. The van der Waals surface area contributed by atoms with Crippen molar-refractivity contribution >= 4 is 0 Å². The third-order valence-electron chi connectivity index (χ3n) is 4.84. The molecule has 2 fully saturated rings. The van der Waals surface area contributed by atoms with E-state index in [9.17, 15) is 0 Å². The van der Waals surface area contributed by atoms with Crippen LogP contribution in [-0.2, 0) is 4.74 Å². The Labute approximate surface area is 131 Å². The molecule has 0 aromatic rings. The van der Waals surface area contributed by atoms with Gasteiger partial charge in [0.25, 0.3) is 0 Å². The molecule has 4 nitrogen and oxygen atoms in total. The van der Waals surface area contributed by atoms with Crippen molar-refractivity contribution in [3.05, 3.63) is 0 Å². The molecule has 0 bridgehead atoms. The van der Waals surface area contributed by atoms with Gasteiger partial charge in [-0.2, -0.15) is 0 Å². The first kappa shape index (κ1) is 17.2. The summed E-state index contributed by atoms with van der Waals surface area (Å²) in [5, 5.41) is 3.56. The zero-order valence-electron chi connectivity index (χ0n) is 14.3. The van der Waals surface area contributed by atoms with Crippen LogP contribution in [0.2, 0.25) is 0 Å². The van der Waals surface area contributed by atoms with Crippen LogP contribution in [0.3, 0.4) is 0 Å². The lowest BCUT2D eigenvalue weighted by Gasteiger charge is -2.47. The van der Waals surface area contributed by atoms with E-state index in [2.05, 4.69) is 35.9 Å². The smallest absolute Gasteiger partial charge is 0.0518 e. The summed E-state index contributed by atoms with van der Waals surface area (Å²) in [5.41, 5.74) is 0. The largest absolute Gasteiger partial charge is 0.379 e. The predicted octanol–water partition coefficient (Wildman–Crippen LogP) is 1.95. The van der Waals surface area contributed by atoms with Gasteiger partial charge in [0.1, 0.15) is 0 Å². The number of rotatable bonds is 8. The van der Waals surface area contributed by atoms with Crippen molar-refractivity contribution in [1.29, 1.82) is 0 Å². The van der Waals surface area contributed by atoms with Crippen LogP contribution >= 0.6 is 0 Å².